The first-order chi connectivity index (χ1) is 12.9. The molecule has 152 valence electrons. The van der Waals surface area contributed by atoms with E-state index in [1.807, 2.05) is 0 Å². The van der Waals surface area contributed by atoms with Crippen LogP contribution in [-0.4, -0.2) is 25.0 Å². The van der Waals surface area contributed by atoms with Crippen LogP contribution < -0.4 is 11.1 Å². The van der Waals surface area contributed by atoms with Crippen molar-refractivity contribution < 1.29 is 0 Å². The first kappa shape index (κ1) is 23.2. The number of unbranched alkanes of at least 4 members (excludes halogenated alkanes) is 12. The van der Waals surface area contributed by atoms with Crippen LogP contribution >= 0.6 is 0 Å². The highest BCUT2D eigenvalue weighted by Gasteiger charge is 2.15. The molecule has 0 aromatic rings. The molecule has 1 heterocycles. The highest BCUT2D eigenvalue weighted by molar-refractivity contribution is 5.83. The summed E-state index contributed by atoms with van der Waals surface area (Å²) in [4.78, 5) is 4.59. The average molecular weight is 364 g/mol. The van der Waals surface area contributed by atoms with Crippen LogP contribution in [-0.2, 0) is 0 Å². The fourth-order valence-electron chi connectivity index (χ4n) is 3.60. The van der Waals surface area contributed by atoms with Crippen LogP contribution in [0.3, 0.4) is 0 Å². The number of rotatable bonds is 18. The molecule has 0 saturated carbocycles. The van der Waals surface area contributed by atoms with Crippen molar-refractivity contribution in [3.63, 3.8) is 0 Å². The van der Waals surface area contributed by atoms with Crippen molar-refractivity contribution in [2.45, 2.75) is 116 Å². The van der Waals surface area contributed by atoms with Gasteiger partial charge in [0.15, 0.2) is 0 Å². The molecule has 0 radical (unpaired) electrons. The standard InChI is InChI=1S/C23H45N3/c1-2-3-4-5-6-7-8-9-10-11-12-13-14-15-16-17-18-23-25-21-22(26-23)19-20-24/h9-10,22H,2-8,11-21,24H2,1H3,(H,25,26). The third-order valence-corrected chi connectivity index (χ3v) is 5.31. The van der Waals surface area contributed by atoms with E-state index in [0.717, 1.165) is 25.9 Å². The van der Waals surface area contributed by atoms with Gasteiger partial charge in [-0.25, -0.2) is 0 Å². The quantitative estimate of drug-likeness (QED) is 0.227. The van der Waals surface area contributed by atoms with E-state index in [4.69, 9.17) is 5.73 Å². The Labute approximate surface area is 163 Å². The number of hydrogen-bond donors (Lipinski definition) is 2. The zero-order chi connectivity index (χ0) is 18.7. The molecule has 0 aliphatic carbocycles. The summed E-state index contributed by atoms with van der Waals surface area (Å²) in [7, 11) is 0. The summed E-state index contributed by atoms with van der Waals surface area (Å²) in [5, 5.41) is 3.51. The molecule has 1 unspecified atom stereocenters. The molecule has 3 N–H and O–H groups in total. The second kappa shape index (κ2) is 17.6. The number of amidine groups is 1. The summed E-state index contributed by atoms with van der Waals surface area (Å²) in [6, 6.07) is 0.504. The van der Waals surface area contributed by atoms with E-state index in [-0.39, 0.29) is 0 Å². The van der Waals surface area contributed by atoms with Crippen LogP contribution in [0.2, 0.25) is 0 Å². The zero-order valence-corrected chi connectivity index (χ0v) is 17.5. The van der Waals surface area contributed by atoms with Gasteiger partial charge in [0.2, 0.25) is 0 Å². The maximum absolute atomic E-state index is 5.60. The SMILES string of the molecule is CCCCCCCCC=CCCCCCCCCC1=NCC(CCN)N1. The lowest BCUT2D eigenvalue weighted by molar-refractivity contribution is 0.592. The number of allylic oxidation sites excluding steroid dienone is 2. The number of nitrogens with zero attached hydrogens (tertiary/aromatic N) is 1. The van der Waals surface area contributed by atoms with Crippen molar-refractivity contribution in [3.8, 4) is 0 Å². The van der Waals surface area contributed by atoms with Crippen molar-refractivity contribution in [1.29, 1.82) is 0 Å². The fraction of sp³-hybridized carbons (Fsp3) is 0.870. The van der Waals surface area contributed by atoms with E-state index >= 15 is 0 Å². The lowest BCUT2D eigenvalue weighted by Crippen LogP contribution is -2.31. The Kier molecular flexibility index (Phi) is 15.7. The van der Waals surface area contributed by atoms with Gasteiger partial charge in [-0.1, -0.05) is 76.9 Å². The van der Waals surface area contributed by atoms with Gasteiger partial charge < -0.3 is 11.1 Å². The first-order valence-electron chi connectivity index (χ1n) is 11.5. The third-order valence-electron chi connectivity index (χ3n) is 5.31. The molecule has 0 amide bonds. The summed E-state index contributed by atoms with van der Waals surface area (Å²) in [6.07, 6.45) is 26.1. The largest absolute Gasteiger partial charge is 0.369 e. The Bertz CT molecular complexity index is 362. The lowest BCUT2D eigenvalue weighted by atomic mass is 10.1. The van der Waals surface area contributed by atoms with E-state index in [0.29, 0.717) is 6.04 Å². The van der Waals surface area contributed by atoms with Crippen molar-refractivity contribution in [1.82, 2.24) is 5.32 Å². The smallest absolute Gasteiger partial charge is 0.0966 e. The third kappa shape index (κ3) is 13.4. The van der Waals surface area contributed by atoms with E-state index < -0.39 is 0 Å². The molecular formula is C23H45N3. The maximum Gasteiger partial charge on any atom is 0.0966 e. The van der Waals surface area contributed by atoms with Gasteiger partial charge >= 0.3 is 0 Å². The highest BCUT2D eigenvalue weighted by Crippen LogP contribution is 2.12. The molecule has 1 aliphatic rings. The van der Waals surface area contributed by atoms with Crippen molar-refractivity contribution in [2.75, 3.05) is 13.1 Å². The number of hydrogen-bond acceptors (Lipinski definition) is 3. The Balaban J connectivity index is 1.76. The van der Waals surface area contributed by atoms with Gasteiger partial charge in [0.25, 0.3) is 0 Å². The highest BCUT2D eigenvalue weighted by atomic mass is 15.1. The molecule has 0 aromatic heterocycles. The van der Waals surface area contributed by atoms with Gasteiger partial charge in [-0.3, -0.25) is 4.99 Å². The Hall–Kier alpha value is -0.830. The Morgan fingerprint density at radius 1 is 0.885 bits per heavy atom. The zero-order valence-electron chi connectivity index (χ0n) is 17.5. The molecular weight excluding hydrogens is 318 g/mol. The number of nitrogens with two attached hydrogens (primary N) is 1. The molecule has 1 rings (SSSR count). The second-order valence-corrected chi connectivity index (χ2v) is 7.89. The van der Waals surface area contributed by atoms with Crippen molar-refractivity contribution >= 4 is 5.84 Å². The van der Waals surface area contributed by atoms with E-state index in [1.54, 1.807) is 0 Å². The summed E-state index contributed by atoms with van der Waals surface area (Å²) in [5.41, 5.74) is 5.60. The molecule has 26 heavy (non-hydrogen) atoms. The monoisotopic (exact) mass is 363 g/mol. The van der Waals surface area contributed by atoms with Crippen LogP contribution in [0.15, 0.2) is 17.1 Å². The molecule has 0 fully saturated rings. The predicted molar refractivity (Wildman–Crippen MR) is 117 cm³/mol. The number of nitrogens with one attached hydrogen (secondary N) is 1. The molecule has 0 saturated heterocycles. The minimum absolute atomic E-state index is 0.504. The predicted octanol–water partition coefficient (Wildman–Crippen LogP) is 6.13. The normalized spacial score (nSPS) is 17.0. The topological polar surface area (TPSA) is 50.4 Å². The van der Waals surface area contributed by atoms with Crippen molar-refractivity contribution in [2.24, 2.45) is 10.7 Å². The molecule has 3 heteroatoms. The Morgan fingerprint density at radius 2 is 1.46 bits per heavy atom. The van der Waals surface area contributed by atoms with Crippen molar-refractivity contribution in [3.05, 3.63) is 12.2 Å². The van der Waals surface area contributed by atoms with E-state index in [9.17, 15) is 0 Å². The summed E-state index contributed by atoms with van der Waals surface area (Å²) in [6.45, 7) is 3.97. The van der Waals surface area contributed by atoms with Crippen LogP contribution in [0.1, 0.15) is 110 Å². The molecule has 0 spiro atoms. The molecule has 0 bridgehead atoms. The average Bonchev–Trinajstić information content (AvgIpc) is 3.09. The second-order valence-electron chi connectivity index (χ2n) is 7.89. The summed E-state index contributed by atoms with van der Waals surface area (Å²) >= 11 is 0. The van der Waals surface area contributed by atoms with Gasteiger partial charge in [-0.15, -0.1) is 0 Å². The Morgan fingerprint density at radius 3 is 2.08 bits per heavy atom. The van der Waals surface area contributed by atoms with Gasteiger partial charge in [-0.2, -0.15) is 0 Å². The van der Waals surface area contributed by atoms with Gasteiger partial charge in [-0.05, 0) is 45.1 Å². The van der Waals surface area contributed by atoms with Gasteiger partial charge in [0.05, 0.1) is 12.4 Å². The van der Waals surface area contributed by atoms with Gasteiger partial charge in [0.1, 0.15) is 0 Å². The molecule has 1 atom stereocenters. The molecule has 0 aromatic carbocycles. The summed E-state index contributed by atoms with van der Waals surface area (Å²) in [5.74, 6) is 1.22. The van der Waals surface area contributed by atoms with E-state index in [1.165, 1.54) is 95.7 Å². The van der Waals surface area contributed by atoms with Gasteiger partial charge in [0, 0.05) is 12.5 Å². The lowest BCUT2D eigenvalue weighted by Gasteiger charge is -2.09. The molecule has 3 nitrogen and oxygen atoms in total. The van der Waals surface area contributed by atoms with Crippen LogP contribution in [0.4, 0.5) is 0 Å². The summed E-state index contributed by atoms with van der Waals surface area (Å²) < 4.78 is 0. The molecule has 1 aliphatic heterocycles. The maximum atomic E-state index is 5.60. The first-order valence-corrected chi connectivity index (χ1v) is 11.5. The minimum Gasteiger partial charge on any atom is -0.369 e. The van der Waals surface area contributed by atoms with Crippen LogP contribution in [0.5, 0.6) is 0 Å². The van der Waals surface area contributed by atoms with Crippen LogP contribution in [0, 0.1) is 0 Å². The minimum atomic E-state index is 0.504. The van der Waals surface area contributed by atoms with Crippen LogP contribution in [0.25, 0.3) is 0 Å². The van der Waals surface area contributed by atoms with E-state index in [2.05, 4.69) is 29.4 Å². The fourth-order valence-corrected chi connectivity index (χ4v) is 3.60. The number of aliphatic imine (C=N–C) groups is 1.